The van der Waals surface area contributed by atoms with Crippen molar-refractivity contribution in [3.05, 3.63) is 0 Å². The summed E-state index contributed by atoms with van der Waals surface area (Å²) >= 11 is 0. The fourth-order valence-electron chi connectivity index (χ4n) is 3.16. The number of hydrogen-bond acceptors (Lipinski definition) is 4. The van der Waals surface area contributed by atoms with Crippen molar-refractivity contribution in [2.45, 2.75) is 32.6 Å². The molecule has 1 heterocycles. The second-order valence-corrected chi connectivity index (χ2v) is 8.76. The molecule has 2 aliphatic rings. The Balaban J connectivity index is 1.73. The molecule has 0 atom stereocenters. The van der Waals surface area contributed by atoms with Gasteiger partial charge in [-0.05, 0) is 31.6 Å². The third-order valence-corrected chi connectivity index (χ3v) is 5.49. The molecule has 7 heteroatoms. The van der Waals surface area contributed by atoms with Crippen molar-refractivity contribution >= 4 is 15.8 Å². The Morgan fingerprint density at radius 3 is 2.64 bits per heavy atom. The minimum absolute atomic E-state index is 0.0748. The highest BCUT2D eigenvalue weighted by atomic mass is 32.2. The average Bonchev–Trinajstić information content (AvgIpc) is 2.85. The van der Waals surface area contributed by atoms with Crippen molar-refractivity contribution in [3.8, 4) is 0 Å². The first-order valence-electron chi connectivity index (χ1n) is 8.23. The van der Waals surface area contributed by atoms with Crippen molar-refractivity contribution in [3.63, 3.8) is 0 Å². The molecule has 0 bridgehead atoms. The van der Waals surface area contributed by atoms with Crippen LogP contribution in [0.5, 0.6) is 0 Å². The van der Waals surface area contributed by atoms with Gasteiger partial charge >= 0.3 is 0 Å². The Morgan fingerprint density at radius 2 is 2.09 bits per heavy atom. The topological polar surface area (TPSA) is 71.0 Å². The maximum atomic E-state index is 11.0. The van der Waals surface area contributed by atoms with E-state index in [-0.39, 0.29) is 12.4 Å². The summed E-state index contributed by atoms with van der Waals surface area (Å²) in [5.74, 6) is 1.05. The molecular formula is C15H29N3O3S. The van der Waals surface area contributed by atoms with E-state index < -0.39 is 9.84 Å². The van der Waals surface area contributed by atoms with Gasteiger partial charge < -0.3 is 15.0 Å². The number of rotatable bonds is 7. The van der Waals surface area contributed by atoms with Gasteiger partial charge in [-0.2, -0.15) is 0 Å². The zero-order valence-corrected chi connectivity index (χ0v) is 14.6. The van der Waals surface area contributed by atoms with Gasteiger partial charge in [0.25, 0.3) is 0 Å². The van der Waals surface area contributed by atoms with Gasteiger partial charge in [-0.15, -0.1) is 0 Å². The molecular weight excluding hydrogens is 302 g/mol. The molecule has 1 saturated carbocycles. The summed E-state index contributed by atoms with van der Waals surface area (Å²) in [4.78, 5) is 6.97. The fraction of sp³-hybridized carbons (Fsp3) is 0.933. The van der Waals surface area contributed by atoms with E-state index >= 15 is 0 Å². The van der Waals surface area contributed by atoms with Gasteiger partial charge in [0.15, 0.2) is 5.96 Å². The highest BCUT2D eigenvalue weighted by molar-refractivity contribution is 7.90. The molecule has 2 rings (SSSR count). The Kier molecular flexibility index (Phi) is 6.09. The number of hydrogen-bond donors (Lipinski definition) is 1. The Bertz CT molecular complexity index is 486. The quantitative estimate of drug-likeness (QED) is 0.426. The standard InChI is InChI=1S/C15H29N3O3S/c1-3-16-14(17-8-10-21-11-12-22(2,19)20)18-9-7-15(13-18)5-4-6-15/h3-13H2,1-2H3,(H,16,17). The molecule has 6 nitrogen and oxygen atoms in total. The van der Waals surface area contributed by atoms with Gasteiger partial charge in [-0.3, -0.25) is 4.99 Å². The molecule has 0 aromatic heterocycles. The van der Waals surface area contributed by atoms with E-state index in [4.69, 9.17) is 4.74 Å². The van der Waals surface area contributed by atoms with E-state index in [0.29, 0.717) is 18.6 Å². The summed E-state index contributed by atoms with van der Waals surface area (Å²) in [5.41, 5.74) is 0.558. The van der Waals surface area contributed by atoms with Gasteiger partial charge in [-0.1, -0.05) is 6.42 Å². The summed E-state index contributed by atoms with van der Waals surface area (Å²) in [6.45, 7) is 6.41. The van der Waals surface area contributed by atoms with Crippen molar-refractivity contribution in [2.75, 3.05) is 51.4 Å². The van der Waals surface area contributed by atoms with Crippen LogP contribution in [0.25, 0.3) is 0 Å². The van der Waals surface area contributed by atoms with E-state index in [2.05, 4.69) is 22.1 Å². The second kappa shape index (κ2) is 7.64. The lowest BCUT2D eigenvalue weighted by Gasteiger charge is -2.38. The fourth-order valence-corrected chi connectivity index (χ4v) is 3.58. The van der Waals surface area contributed by atoms with E-state index in [9.17, 15) is 8.42 Å². The molecule has 2 fully saturated rings. The summed E-state index contributed by atoms with van der Waals surface area (Å²) in [5, 5.41) is 3.35. The molecule has 1 aliphatic carbocycles. The monoisotopic (exact) mass is 331 g/mol. The molecule has 0 amide bonds. The van der Waals surface area contributed by atoms with Crippen LogP contribution < -0.4 is 5.32 Å². The average molecular weight is 331 g/mol. The molecule has 0 unspecified atom stereocenters. The highest BCUT2D eigenvalue weighted by Gasteiger charge is 2.43. The smallest absolute Gasteiger partial charge is 0.194 e. The molecule has 22 heavy (non-hydrogen) atoms. The number of likely N-dealkylation sites (tertiary alicyclic amines) is 1. The zero-order chi connectivity index (χ0) is 16.1. The van der Waals surface area contributed by atoms with Crippen LogP contribution >= 0.6 is 0 Å². The Morgan fingerprint density at radius 1 is 1.32 bits per heavy atom. The summed E-state index contributed by atoms with van der Waals surface area (Å²) < 4.78 is 27.3. The third-order valence-electron chi connectivity index (χ3n) is 4.58. The predicted octanol–water partition coefficient (Wildman–Crippen LogP) is 0.889. The lowest BCUT2D eigenvalue weighted by atomic mass is 9.68. The minimum Gasteiger partial charge on any atom is -0.378 e. The number of sulfone groups is 1. The number of nitrogens with one attached hydrogen (secondary N) is 1. The zero-order valence-electron chi connectivity index (χ0n) is 13.8. The van der Waals surface area contributed by atoms with Crippen LogP contribution in [0.4, 0.5) is 0 Å². The number of aliphatic imine (C=N–C) groups is 1. The summed E-state index contributed by atoms with van der Waals surface area (Å²) in [7, 11) is -2.94. The summed E-state index contributed by atoms with van der Waals surface area (Å²) in [6.07, 6.45) is 6.59. The van der Waals surface area contributed by atoms with Crippen LogP contribution in [0.2, 0.25) is 0 Å². The highest BCUT2D eigenvalue weighted by Crippen LogP contribution is 2.47. The van der Waals surface area contributed by atoms with Crippen molar-refractivity contribution in [1.29, 1.82) is 0 Å². The van der Waals surface area contributed by atoms with Gasteiger partial charge in [0.2, 0.25) is 0 Å². The third kappa shape index (κ3) is 5.12. The first-order valence-corrected chi connectivity index (χ1v) is 10.3. The lowest BCUT2D eigenvalue weighted by molar-refractivity contribution is 0.150. The molecule has 0 aromatic rings. The molecule has 0 radical (unpaired) electrons. The SMILES string of the molecule is CCNC(=NCCOCCS(C)(=O)=O)N1CCC2(CCC2)C1. The van der Waals surface area contributed by atoms with Crippen molar-refractivity contribution < 1.29 is 13.2 Å². The normalized spacial score (nSPS) is 21.2. The van der Waals surface area contributed by atoms with Crippen LogP contribution in [-0.4, -0.2) is 70.7 Å². The molecule has 1 N–H and O–H groups in total. The minimum atomic E-state index is -2.94. The molecule has 128 valence electrons. The van der Waals surface area contributed by atoms with Crippen LogP contribution in [0.15, 0.2) is 4.99 Å². The lowest BCUT2D eigenvalue weighted by Crippen LogP contribution is -2.42. The number of nitrogens with zero attached hydrogens (tertiary/aromatic N) is 2. The van der Waals surface area contributed by atoms with Gasteiger partial charge in [0, 0.05) is 25.9 Å². The first kappa shape index (κ1) is 17.5. The van der Waals surface area contributed by atoms with Crippen LogP contribution in [0, 0.1) is 5.41 Å². The van der Waals surface area contributed by atoms with Crippen molar-refractivity contribution in [1.82, 2.24) is 10.2 Å². The number of ether oxygens (including phenoxy) is 1. The van der Waals surface area contributed by atoms with Crippen LogP contribution in [-0.2, 0) is 14.6 Å². The molecule has 1 saturated heterocycles. The van der Waals surface area contributed by atoms with Gasteiger partial charge in [-0.25, -0.2) is 8.42 Å². The van der Waals surface area contributed by atoms with Crippen molar-refractivity contribution in [2.24, 2.45) is 10.4 Å². The maximum Gasteiger partial charge on any atom is 0.194 e. The van der Waals surface area contributed by atoms with E-state index in [1.165, 1.54) is 31.9 Å². The second-order valence-electron chi connectivity index (χ2n) is 6.50. The Labute approximate surface area is 134 Å². The predicted molar refractivity (Wildman–Crippen MR) is 89.0 cm³/mol. The largest absolute Gasteiger partial charge is 0.378 e. The van der Waals surface area contributed by atoms with Gasteiger partial charge in [0.05, 0.1) is 25.5 Å². The molecule has 1 spiro atoms. The van der Waals surface area contributed by atoms with Gasteiger partial charge in [0.1, 0.15) is 9.84 Å². The molecule has 0 aromatic carbocycles. The van der Waals surface area contributed by atoms with Crippen LogP contribution in [0.3, 0.4) is 0 Å². The summed E-state index contributed by atoms with van der Waals surface area (Å²) in [6, 6.07) is 0. The maximum absolute atomic E-state index is 11.0. The Hall–Kier alpha value is -0.820. The van der Waals surface area contributed by atoms with Crippen LogP contribution in [0.1, 0.15) is 32.6 Å². The van der Waals surface area contributed by atoms with E-state index in [1.807, 2.05) is 0 Å². The van der Waals surface area contributed by atoms with E-state index in [0.717, 1.165) is 25.6 Å². The number of guanidine groups is 1. The van der Waals surface area contributed by atoms with E-state index in [1.54, 1.807) is 0 Å². The first-order chi connectivity index (χ1) is 10.4. The molecule has 1 aliphatic heterocycles.